The second-order valence-corrected chi connectivity index (χ2v) is 2.96. The molecule has 1 aromatic carbocycles. The number of carboxylic acids is 2. The van der Waals surface area contributed by atoms with Crippen molar-refractivity contribution in [3.05, 3.63) is 35.9 Å². The van der Waals surface area contributed by atoms with Crippen molar-refractivity contribution in [2.45, 2.75) is 6.61 Å². The largest absolute Gasteiger partial charge is 0.480 e. The van der Waals surface area contributed by atoms with E-state index < -0.39 is 17.9 Å². The molecule has 7 nitrogen and oxygen atoms in total. The first-order valence-corrected chi connectivity index (χ1v) is 4.83. The van der Waals surface area contributed by atoms with Gasteiger partial charge in [0.05, 0.1) is 6.54 Å². The Morgan fingerprint density at radius 2 is 1.61 bits per heavy atom. The molecule has 0 atom stereocenters. The van der Waals surface area contributed by atoms with Crippen molar-refractivity contribution in [2.24, 2.45) is 5.73 Å². The van der Waals surface area contributed by atoms with E-state index in [2.05, 4.69) is 10.5 Å². The molecule has 0 heterocycles. The van der Waals surface area contributed by atoms with E-state index in [1.165, 1.54) is 0 Å². The van der Waals surface area contributed by atoms with E-state index in [1.54, 1.807) is 24.3 Å². The number of esters is 1. The molecule has 0 bridgehead atoms. The minimum Gasteiger partial charge on any atom is -0.480 e. The van der Waals surface area contributed by atoms with Crippen molar-refractivity contribution in [1.29, 1.82) is 0 Å². The molecule has 0 spiro atoms. The monoisotopic (exact) mass is 255 g/mol. The van der Waals surface area contributed by atoms with Gasteiger partial charge in [-0.05, 0) is 5.56 Å². The Kier molecular flexibility index (Phi) is 7.54. The second kappa shape index (κ2) is 8.71. The predicted octanol–water partition coefficient (Wildman–Crippen LogP) is -0.156. The van der Waals surface area contributed by atoms with Gasteiger partial charge in [0.2, 0.25) is 0 Å². The number of carbonyl (C=O) groups excluding carboxylic acids is 1. The summed E-state index contributed by atoms with van der Waals surface area (Å²) in [5.74, 6) is -3.77. The maximum atomic E-state index is 10.5. The van der Waals surface area contributed by atoms with Gasteiger partial charge in [0.25, 0.3) is 0 Å². The minimum atomic E-state index is -1.57. The minimum absolute atomic E-state index is 0.00796. The first kappa shape index (κ1) is 15.6. The van der Waals surface area contributed by atoms with Gasteiger partial charge in [0, 0.05) is 0 Å². The molecule has 0 saturated carbocycles. The van der Waals surface area contributed by atoms with E-state index in [0.29, 0.717) is 0 Å². The third-order valence-corrected chi connectivity index (χ3v) is 1.56. The summed E-state index contributed by atoms with van der Waals surface area (Å²) in [6, 6.07) is 8.88. The lowest BCUT2D eigenvalue weighted by Crippen LogP contribution is -2.15. The summed E-state index contributed by atoms with van der Waals surface area (Å²) in [6.07, 6.45) is 0. The van der Waals surface area contributed by atoms with Crippen LogP contribution in [0.4, 0.5) is 0 Å². The average Bonchev–Trinajstić information content (AvgIpc) is 2.37. The van der Waals surface area contributed by atoms with E-state index in [1.807, 2.05) is 6.07 Å². The molecular formula is C11H13NO6. The summed E-state index contributed by atoms with van der Waals surface area (Å²) in [7, 11) is 0. The molecule has 0 amide bonds. The summed E-state index contributed by atoms with van der Waals surface area (Å²) in [4.78, 5) is 29.8. The number of nitrogens with two attached hydrogens (primary N) is 1. The lowest BCUT2D eigenvalue weighted by Gasteiger charge is -2.00. The van der Waals surface area contributed by atoms with E-state index in [9.17, 15) is 14.4 Å². The molecule has 0 aromatic heterocycles. The normalized spacial score (nSPS) is 8.72. The molecular weight excluding hydrogens is 242 g/mol. The SMILES string of the molecule is NCC(=O)O.O=C(O)C(=O)OCc1ccccc1. The highest BCUT2D eigenvalue weighted by Crippen LogP contribution is 2.00. The smallest absolute Gasteiger partial charge is 0.417 e. The molecule has 98 valence electrons. The van der Waals surface area contributed by atoms with Gasteiger partial charge in [0.15, 0.2) is 0 Å². The number of ether oxygens (including phenoxy) is 1. The van der Waals surface area contributed by atoms with Crippen LogP contribution in [0.3, 0.4) is 0 Å². The van der Waals surface area contributed by atoms with Gasteiger partial charge >= 0.3 is 17.9 Å². The Labute approximate surface area is 103 Å². The van der Waals surface area contributed by atoms with Gasteiger partial charge in [0.1, 0.15) is 6.61 Å². The maximum Gasteiger partial charge on any atom is 0.417 e. The molecule has 0 radical (unpaired) electrons. The fourth-order valence-electron chi connectivity index (χ4n) is 0.785. The van der Waals surface area contributed by atoms with E-state index in [-0.39, 0.29) is 13.2 Å². The zero-order valence-electron chi connectivity index (χ0n) is 9.41. The topological polar surface area (TPSA) is 127 Å². The van der Waals surface area contributed by atoms with Crippen LogP contribution in [0.5, 0.6) is 0 Å². The lowest BCUT2D eigenvalue weighted by atomic mass is 10.2. The molecule has 0 fully saturated rings. The number of hydrogen-bond acceptors (Lipinski definition) is 5. The Bertz CT molecular complexity index is 403. The van der Waals surface area contributed by atoms with Crippen LogP contribution in [0.2, 0.25) is 0 Å². The van der Waals surface area contributed by atoms with Crippen LogP contribution in [-0.2, 0) is 25.7 Å². The molecule has 18 heavy (non-hydrogen) atoms. The Morgan fingerprint density at radius 3 is 2.00 bits per heavy atom. The standard InChI is InChI=1S/C9H8O4.C2H5NO2/c10-8(11)9(12)13-6-7-4-2-1-3-5-7;3-1-2(4)5/h1-5H,6H2,(H,10,11);1,3H2,(H,4,5). The van der Waals surface area contributed by atoms with Gasteiger partial charge in [-0.2, -0.15) is 0 Å². The van der Waals surface area contributed by atoms with Crippen molar-refractivity contribution in [2.75, 3.05) is 6.54 Å². The molecule has 0 saturated heterocycles. The Hall–Kier alpha value is -2.41. The van der Waals surface area contributed by atoms with Gasteiger partial charge in [-0.1, -0.05) is 30.3 Å². The summed E-state index contributed by atoms with van der Waals surface area (Å²) in [6.45, 7) is -0.286. The quantitative estimate of drug-likeness (QED) is 0.506. The maximum absolute atomic E-state index is 10.5. The van der Waals surface area contributed by atoms with Crippen molar-refractivity contribution in [1.82, 2.24) is 0 Å². The van der Waals surface area contributed by atoms with Crippen LogP contribution >= 0.6 is 0 Å². The second-order valence-electron chi connectivity index (χ2n) is 2.96. The van der Waals surface area contributed by atoms with Crippen LogP contribution in [0.1, 0.15) is 5.56 Å². The third kappa shape index (κ3) is 7.83. The predicted molar refractivity (Wildman–Crippen MR) is 60.6 cm³/mol. The number of benzene rings is 1. The van der Waals surface area contributed by atoms with Crippen LogP contribution in [-0.4, -0.2) is 34.7 Å². The number of carbonyl (C=O) groups is 3. The molecule has 0 aliphatic carbocycles. The first-order valence-electron chi connectivity index (χ1n) is 4.83. The number of carboxylic acid groups (broad SMARTS) is 2. The van der Waals surface area contributed by atoms with Gasteiger partial charge in [-0.15, -0.1) is 0 Å². The van der Waals surface area contributed by atoms with Crippen LogP contribution < -0.4 is 5.73 Å². The summed E-state index contributed by atoms with van der Waals surface area (Å²) in [5, 5.41) is 15.8. The van der Waals surface area contributed by atoms with Crippen molar-refractivity contribution in [3.63, 3.8) is 0 Å². The van der Waals surface area contributed by atoms with Crippen LogP contribution in [0.25, 0.3) is 0 Å². The highest BCUT2D eigenvalue weighted by atomic mass is 16.6. The zero-order chi connectivity index (χ0) is 14.0. The molecule has 1 rings (SSSR count). The van der Waals surface area contributed by atoms with Crippen LogP contribution in [0.15, 0.2) is 30.3 Å². The first-order chi connectivity index (χ1) is 8.47. The summed E-state index contributed by atoms with van der Waals surface area (Å²) in [5.41, 5.74) is 5.33. The fraction of sp³-hybridized carbons (Fsp3) is 0.182. The Morgan fingerprint density at radius 1 is 1.11 bits per heavy atom. The van der Waals surface area contributed by atoms with E-state index >= 15 is 0 Å². The van der Waals surface area contributed by atoms with Crippen LogP contribution in [0, 0.1) is 0 Å². The molecule has 7 heteroatoms. The molecule has 4 N–H and O–H groups in total. The zero-order valence-corrected chi connectivity index (χ0v) is 9.41. The highest BCUT2D eigenvalue weighted by Gasteiger charge is 2.11. The molecule has 0 aliphatic rings. The summed E-state index contributed by atoms with van der Waals surface area (Å²) < 4.78 is 4.45. The van der Waals surface area contributed by atoms with Crippen molar-refractivity contribution >= 4 is 17.9 Å². The summed E-state index contributed by atoms with van der Waals surface area (Å²) >= 11 is 0. The van der Waals surface area contributed by atoms with Gasteiger partial charge < -0.3 is 20.7 Å². The van der Waals surface area contributed by atoms with Gasteiger partial charge in [-0.25, -0.2) is 9.59 Å². The Balaban J connectivity index is 0.000000494. The lowest BCUT2D eigenvalue weighted by molar-refractivity contribution is -0.164. The third-order valence-electron chi connectivity index (χ3n) is 1.56. The molecule has 0 aliphatic heterocycles. The fourth-order valence-corrected chi connectivity index (χ4v) is 0.785. The number of rotatable bonds is 3. The molecule has 0 unspecified atom stereocenters. The van der Waals surface area contributed by atoms with E-state index in [0.717, 1.165) is 5.56 Å². The van der Waals surface area contributed by atoms with E-state index in [4.69, 9.17) is 10.2 Å². The van der Waals surface area contributed by atoms with Crippen molar-refractivity contribution < 1.29 is 29.3 Å². The van der Waals surface area contributed by atoms with Crippen molar-refractivity contribution in [3.8, 4) is 0 Å². The highest BCUT2D eigenvalue weighted by molar-refractivity contribution is 6.28. The molecule has 1 aromatic rings. The average molecular weight is 255 g/mol. The number of hydrogen-bond donors (Lipinski definition) is 3. The van der Waals surface area contributed by atoms with Gasteiger partial charge in [-0.3, -0.25) is 4.79 Å². The number of aliphatic carboxylic acids is 2.